The summed E-state index contributed by atoms with van der Waals surface area (Å²) >= 11 is 1.26. The fourth-order valence-electron chi connectivity index (χ4n) is 3.49. The summed E-state index contributed by atoms with van der Waals surface area (Å²) in [6, 6.07) is 13.2. The molecule has 1 aliphatic rings. The molecule has 2 aromatic carbocycles. The molecule has 0 spiro atoms. The standard InChI is InChI=1S/C23H23FN4O3S/c1-31-20-8-6-19(7-9-20)27-10-12-28(13-11-27)21(29)14-18-15-32-23(25-18)26-22(30)16-2-4-17(24)5-3-16/h2-9,15H,10-14H2,1H3,(H,25,26,30). The van der Waals surface area contributed by atoms with E-state index < -0.39 is 5.82 Å². The summed E-state index contributed by atoms with van der Waals surface area (Å²) in [6.07, 6.45) is 0.186. The van der Waals surface area contributed by atoms with Crippen molar-refractivity contribution in [2.75, 3.05) is 43.5 Å². The van der Waals surface area contributed by atoms with Crippen LogP contribution in [0.3, 0.4) is 0 Å². The highest BCUT2D eigenvalue weighted by molar-refractivity contribution is 7.14. The van der Waals surface area contributed by atoms with E-state index in [1.807, 2.05) is 29.2 Å². The Morgan fingerprint density at radius 1 is 1.06 bits per heavy atom. The number of hydrogen-bond donors (Lipinski definition) is 1. The zero-order chi connectivity index (χ0) is 22.5. The molecule has 1 aliphatic heterocycles. The van der Waals surface area contributed by atoms with Crippen LogP contribution in [0.2, 0.25) is 0 Å². The number of methoxy groups -OCH3 is 1. The molecule has 3 aromatic rings. The van der Waals surface area contributed by atoms with Gasteiger partial charge in [0.25, 0.3) is 5.91 Å². The number of nitrogens with one attached hydrogen (secondary N) is 1. The first kappa shape index (κ1) is 21.8. The molecule has 9 heteroatoms. The highest BCUT2D eigenvalue weighted by atomic mass is 32.1. The van der Waals surface area contributed by atoms with Gasteiger partial charge in [-0.15, -0.1) is 11.3 Å². The van der Waals surface area contributed by atoms with Crippen molar-refractivity contribution >= 4 is 34.0 Å². The third kappa shape index (κ3) is 5.23. The topological polar surface area (TPSA) is 74.8 Å². The van der Waals surface area contributed by atoms with E-state index in [-0.39, 0.29) is 18.2 Å². The number of benzene rings is 2. The maximum absolute atomic E-state index is 13.0. The van der Waals surface area contributed by atoms with Crippen molar-refractivity contribution in [1.29, 1.82) is 0 Å². The van der Waals surface area contributed by atoms with Crippen molar-refractivity contribution in [3.05, 3.63) is 71.0 Å². The van der Waals surface area contributed by atoms with Crippen LogP contribution in [0.25, 0.3) is 0 Å². The SMILES string of the molecule is COc1ccc(N2CCN(C(=O)Cc3csc(NC(=O)c4ccc(F)cc4)n3)CC2)cc1. The van der Waals surface area contributed by atoms with Crippen molar-refractivity contribution in [3.63, 3.8) is 0 Å². The van der Waals surface area contributed by atoms with E-state index >= 15 is 0 Å². The van der Waals surface area contributed by atoms with Crippen LogP contribution < -0.4 is 15.0 Å². The number of carbonyl (C=O) groups is 2. The molecule has 0 atom stereocenters. The zero-order valence-electron chi connectivity index (χ0n) is 17.6. The van der Waals surface area contributed by atoms with E-state index in [4.69, 9.17) is 4.74 Å². The van der Waals surface area contributed by atoms with Crippen molar-refractivity contribution in [2.45, 2.75) is 6.42 Å². The van der Waals surface area contributed by atoms with E-state index in [0.29, 0.717) is 29.5 Å². The molecule has 2 heterocycles. The van der Waals surface area contributed by atoms with Gasteiger partial charge in [0.15, 0.2) is 5.13 Å². The average Bonchev–Trinajstić information content (AvgIpc) is 3.26. The Labute approximate surface area is 189 Å². The Hall–Kier alpha value is -3.46. The lowest BCUT2D eigenvalue weighted by atomic mass is 10.2. The third-order valence-electron chi connectivity index (χ3n) is 5.28. The molecular formula is C23H23FN4O3S. The van der Waals surface area contributed by atoms with Crippen molar-refractivity contribution in [1.82, 2.24) is 9.88 Å². The molecule has 1 fully saturated rings. The Morgan fingerprint density at radius 2 is 1.75 bits per heavy atom. The molecule has 7 nitrogen and oxygen atoms in total. The van der Waals surface area contributed by atoms with Gasteiger partial charge in [0.1, 0.15) is 11.6 Å². The largest absolute Gasteiger partial charge is 0.497 e. The summed E-state index contributed by atoms with van der Waals surface area (Å²) in [7, 11) is 1.64. The zero-order valence-corrected chi connectivity index (χ0v) is 18.4. The Bertz CT molecular complexity index is 1080. The predicted molar refractivity (Wildman–Crippen MR) is 122 cm³/mol. The fraction of sp³-hybridized carbons (Fsp3) is 0.261. The first-order valence-electron chi connectivity index (χ1n) is 10.2. The molecule has 0 saturated carbocycles. The van der Waals surface area contributed by atoms with Gasteiger partial charge >= 0.3 is 0 Å². The molecule has 2 amide bonds. The molecule has 1 saturated heterocycles. The number of rotatable bonds is 6. The highest BCUT2D eigenvalue weighted by Crippen LogP contribution is 2.21. The van der Waals surface area contributed by atoms with Crippen LogP contribution in [0, 0.1) is 5.82 Å². The van der Waals surface area contributed by atoms with E-state index in [2.05, 4.69) is 15.2 Å². The number of halogens is 1. The number of piperazine rings is 1. The van der Waals surface area contributed by atoms with E-state index in [9.17, 15) is 14.0 Å². The minimum Gasteiger partial charge on any atom is -0.497 e. The number of thiazole rings is 1. The average molecular weight is 455 g/mol. The van der Waals surface area contributed by atoms with Gasteiger partial charge in [0, 0.05) is 42.8 Å². The van der Waals surface area contributed by atoms with Gasteiger partial charge < -0.3 is 14.5 Å². The molecule has 0 radical (unpaired) electrons. The first-order valence-corrected chi connectivity index (χ1v) is 11.1. The quantitative estimate of drug-likeness (QED) is 0.618. The highest BCUT2D eigenvalue weighted by Gasteiger charge is 2.22. The molecule has 4 rings (SSSR count). The van der Waals surface area contributed by atoms with Gasteiger partial charge in [-0.1, -0.05) is 0 Å². The van der Waals surface area contributed by atoms with Gasteiger partial charge in [0.05, 0.1) is 19.2 Å². The van der Waals surface area contributed by atoms with Gasteiger partial charge in [-0.3, -0.25) is 14.9 Å². The Morgan fingerprint density at radius 3 is 2.41 bits per heavy atom. The summed E-state index contributed by atoms with van der Waals surface area (Å²) in [5.74, 6) is 0.0634. The van der Waals surface area contributed by atoms with Crippen LogP contribution in [-0.2, 0) is 11.2 Å². The molecule has 0 unspecified atom stereocenters. The molecule has 0 aliphatic carbocycles. The molecule has 166 valence electrons. The minimum atomic E-state index is -0.401. The van der Waals surface area contributed by atoms with Gasteiger partial charge in [0.2, 0.25) is 5.91 Å². The smallest absolute Gasteiger partial charge is 0.257 e. The molecule has 1 N–H and O–H groups in total. The van der Waals surface area contributed by atoms with Crippen LogP contribution in [0.5, 0.6) is 5.75 Å². The van der Waals surface area contributed by atoms with E-state index in [1.165, 1.54) is 35.6 Å². The Kier molecular flexibility index (Phi) is 6.65. The molecule has 1 aromatic heterocycles. The molecule has 0 bridgehead atoms. The van der Waals surface area contributed by atoms with E-state index in [1.54, 1.807) is 12.5 Å². The van der Waals surface area contributed by atoms with Crippen LogP contribution >= 0.6 is 11.3 Å². The van der Waals surface area contributed by atoms with Crippen molar-refractivity contribution < 1.29 is 18.7 Å². The second-order valence-corrected chi connectivity index (χ2v) is 8.21. The summed E-state index contributed by atoms with van der Waals surface area (Å²) in [5, 5.41) is 4.87. The maximum Gasteiger partial charge on any atom is 0.257 e. The number of anilines is 2. The summed E-state index contributed by atoms with van der Waals surface area (Å²) in [4.78, 5) is 33.4. The van der Waals surface area contributed by atoms with Crippen LogP contribution in [0.4, 0.5) is 15.2 Å². The normalized spacial score (nSPS) is 13.7. The van der Waals surface area contributed by atoms with Gasteiger partial charge in [-0.2, -0.15) is 0 Å². The maximum atomic E-state index is 13.0. The first-order chi connectivity index (χ1) is 15.5. The van der Waals surface area contributed by atoms with Crippen molar-refractivity contribution in [3.8, 4) is 5.75 Å². The monoisotopic (exact) mass is 454 g/mol. The minimum absolute atomic E-state index is 0.0149. The Balaban J connectivity index is 1.28. The fourth-order valence-corrected chi connectivity index (χ4v) is 4.20. The summed E-state index contributed by atoms with van der Waals surface area (Å²) < 4.78 is 18.2. The van der Waals surface area contributed by atoms with Gasteiger partial charge in [-0.05, 0) is 48.5 Å². The van der Waals surface area contributed by atoms with Crippen LogP contribution in [0.15, 0.2) is 53.9 Å². The second kappa shape index (κ2) is 9.78. The van der Waals surface area contributed by atoms with Crippen molar-refractivity contribution in [2.24, 2.45) is 0 Å². The van der Waals surface area contributed by atoms with E-state index in [0.717, 1.165) is 24.5 Å². The summed E-state index contributed by atoms with van der Waals surface area (Å²) in [5.41, 5.74) is 2.07. The molecule has 32 heavy (non-hydrogen) atoms. The lowest BCUT2D eigenvalue weighted by Gasteiger charge is -2.36. The number of amides is 2. The number of ether oxygens (including phenoxy) is 1. The lowest BCUT2D eigenvalue weighted by Crippen LogP contribution is -2.49. The number of aromatic nitrogens is 1. The third-order valence-corrected chi connectivity index (χ3v) is 6.09. The molecular weight excluding hydrogens is 431 g/mol. The van der Waals surface area contributed by atoms with Gasteiger partial charge in [-0.25, -0.2) is 9.37 Å². The summed E-state index contributed by atoms with van der Waals surface area (Å²) in [6.45, 7) is 2.80. The second-order valence-electron chi connectivity index (χ2n) is 7.35. The van der Waals surface area contributed by atoms with Crippen LogP contribution in [0.1, 0.15) is 16.1 Å². The number of nitrogens with zero attached hydrogens (tertiary/aromatic N) is 3. The number of hydrogen-bond acceptors (Lipinski definition) is 6. The van der Waals surface area contributed by atoms with Crippen LogP contribution in [-0.4, -0.2) is 55.0 Å². The number of carbonyl (C=O) groups excluding carboxylic acids is 2. The lowest BCUT2D eigenvalue weighted by molar-refractivity contribution is -0.130. The predicted octanol–water partition coefficient (Wildman–Crippen LogP) is 3.43.